The average molecular weight is 412 g/mol. The summed E-state index contributed by atoms with van der Waals surface area (Å²) in [6.07, 6.45) is -0.645. The Morgan fingerprint density at radius 1 is 1.23 bits per heavy atom. The number of aromatic nitrogens is 5. The normalized spacial score (nSPS) is 12.8. The molecule has 7 nitrogen and oxygen atoms in total. The molecule has 0 aliphatic carbocycles. The Hall–Kier alpha value is -3.87. The van der Waals surface area contributed by atoms with Gasteiger partial charge in [-0.3, -0.25) is 8.97 Å². The highest BCUT2D eigenvalue weighted by Gasteiger charge is 2.33. The summed E-state index contributed by atoms with van der Waals surface area (Å²) < 4.78 is 43.9. The Morgan fingerprint density at radius 2 is 2.00 bits per heavy atom. The maximum absolute atomic E-state index is 13.4. The van der Waals surface area contributed by atoms with E-state index in [0.717, 1.165) is 21.2 Å². The molecule has 0 radical (unpaired) electrons. The first-order valence-electron chi connectivity index (χ1n) is 8.90. The van der Waals surface area contributed by atoms with Crippen LogP contribution in [0.3, 0.4) is 0 Å². The van der Waals surface area contributed by atoms with Crippen molar-refractivity contribution in [3.05, 3.63) is 82.1 Å². The highest BCUT2D eigenvalue weighted by atomic mass is 19.4. The molecule has 0 bridgehead atoms. The third-order valence-corrected chi connectivity index (χ3v) is 4.98. The lowest BCUT2D eigenvalue weighted by Gasteiger charge is -2.13. The number of fused-ring (bicyclic) bond motifs is 1. The van der Waals surface area contributed by atoms with Crippen molar-refractivity contribution >= 4 is 5.52 Å². The van der Waals surface area contributed by atoms with Crippen LogP contribution < -0.4 is 5.69 Å². The third-order valence-electron chi connectivity index (χ3n) is 4.98. The Kier molecular flexibility index (Phi) is 4.46. The number of alkyl halides is 3. The van der Waals surface area contributed by atoms with Gasteiger partial charge in [-0.25, -0.2) is 4.79 Å². The van der Waals surface area contributed by atoms with E-state index in [9.17, 15) is 23.2 Å². The van der Waals surface area contributed by atoms with Crippen molar-refractivity contribution in [3.63, 3.8) is 0 Å². The van der Waals surface area contributed by atoms with Crippen LogP contribution in [0.25, 0.3) is 11.2 Å². The molecule has 0 amide bonds. The molecule has 0 aliphatic heterocycles. The minimum absolute atomic E-state index is 0.261. The van der Waals surface area contributed by atoms with E-state index in [1.165, 1.54) is 18.3 Å². The number of pyridine rings is 1. The number of nitrogens with zero attached hydrogens (tertiary/aromatic N) is 6. The molecule has 0 saturated heterocycles. The SMILES string of the molecule is C[C@@H](c1cc(C#N)cc(-n2cc3c(C(F)(F)F)cccn3c2=O)c1)c1nncn1C. The summed E-state index contributed by atoms with van der Waals surface area (Å²) in [4.78, 5) is 12.8. The molecule has 1 atom stereocenters. The minimum atomic E-state index is -4.61. The molecule has 3 heterocycles. The van der Waals surface area contributed by atoms with Crippen LogP contribution in [0.5, 0.6) is 0 Å². The molecule has 1 aromatic carbocycles. The van der Waals surface area contributed by atoms with Crippen LogP contribution in [0.4, 0.5) is 13.2 Å². The fourth-order valence-electron chi connectivity index (χ4n) is 3.46. The number of aryl methyl sites for hydroxylation is 1. The zero-order valence-corrected chi connectivity index (χ0v) is 15.9. The van der Waals surface area contributed by atoms with Gasteiger partial charge in [0.05, 0.1) is 28.4 Å². The number of hydrogen-bond donors (Lipinski definition) is 0. The predicted molar refractivity (Wildman–Crippen MR) is 101 cm³/mol. The molecule has 10 heteroatoms. The van der Waals surface area contributed by atoms with E-state index in [0.29, 0.717) is 17.1 Å². The van der Waals surface area contributed by atoms with E-state index in [1.807, 2.05) is 13.0 Å². The largest absolute Gasteiger partial charge is 0.418 e. The number of halogens is 3. The monoisotopic (exact) mass is 412 g/mol. The molecule has 0 spiro atoms. The molecular formula is C20H15F3N6O. The Bertz CT molecular complexity index is 1360. The van der Waals surface area contributed by atoms with Crippen LogP contribution in [0.15, 0.2) is 53.8 Å². The summed E-state index contributed by atoms with van der Waals surface area (Å²) in [7, 11) is 1.78. The number of benzene rings is 1. The van der Waals surface area contributed by atoms with E-state index in [2.05, 4.69) is 10.2 Å². The first-order chi connectivity index (χ1) is 14.2. The van der Waals surface area contributed by atoms with Gasteiger partial charge in [-0.15, -0.1) is 10.2 Å². The molecule has 4 aromatic rings. The second-order valence-corrected chi connectivity index (χ2v) is 6.90. The topological polar surface area (TPSA) is 80.9 Å². The summed E-state index contributed by atoms with van der Waals surface area (Å²) in [5.41, 5.74) is -0.596. The van der Waals surface area contributed by atoms with Gasteiger partial charge in [-0.1, -0.05) is 6.92 Å². The van der Waals surface area contributed by atoms with E-state index >= 15 is 0 Å². The molecule has 152 valence electrons. The number of imidazole rings is 1. The van der Waals surface area contributed by atoms with Gasteiger partial charge in [0.15, 0.2) is 0 Å². The predicted octanol–water partition coefficient (Wildman–Crippen LogP) is 3.26. The quantitative estimate of drug-likeness (QED) is 0.517. The van der Waals surface area contributed by atoms with Crippen molar-refractivity contribution in [2.75, 3.05) is 0 Å². The van der Waals surface area contributed by atoms with Crippen LogP contribution in [0.1, 0.15) is 35.4 Å². The molecule has 4 rings (SSSR count). The van der Waals surface area contributed by atoms with E-state index in [-0.39, 0.29) is 17.0 Å². The summed E-state index contributed by atoms with van der Waals surface area (Å²) in [5, 5.41) is 17.4. The second kappa shape index (κ2) is 6.88. The summed E-state index contributed by atoms with van der Waals surface area (Å²) in [6.45, 7) is 1.87. The van der Waals surface area contributed by atoms with Crippen molar-refractivity contribution < 1.29 is 13.2 Å². The number of hydrogen-bond acceptors (Lipinski definition) is 4. The smallest absolute Gasteiger partial charge is 0.320 e. The number of nitriles is 1. The van der Waals surface area contributed by atoms with Gasteiger partial charge in [0.2, 0.25) is 0 Å². The van der Waals surface area contributed by atoms with Gasteiger partial charge < -0.3 is 4.57 Å². The lowest BCUT2D eigenvalue weighted by atomic mass is 9.97. The Morgan fingerprint density at radius 3 is 2.63 bits per heavy atom. The van der Waals surface area contributed by atoms with Crippen molar-refractivity contribution in [1.29, 1.82) is 5.26 Å². The van der Waals surface area contributed by atoms with Gasteiger partial charge >= 0.3 is 11.9 Å². The fraction of sp³-hybridized carbons (Fsp3) is 0.200. The number of rotatable bonds is 3. The maximum atomic E-state index is 13.4. The molecule has 30 heavy (non-hydrogen) atoms. The fourth-order valence-corrected chi connectivity index (χ4v) is 3.46. The van der Waals surface area contributed by atoms with E-state index in [1.54, 1.807) is 30.1 Å². The van der Waals surface area contributed by atoms with Crippen LogP contribution >= 0.6 is 0 Å². The third kappa shape index (κ3) is 3.14. The first-order valence-corrected chi connectivity index (χ1v) is 8.90. The van der Waals surface area contributed by atoms with Crippen molar-refractivity contribution in [3.8, 4) is 11.8 Å². The molecule has 0 aliphatic rings. The van der Waals surface area contributed by atoms with Crippen LogP contribution in [0.2, 0.25) is 0 Å². The zero-order chi connectivity index (χ0) is 21.6. The molecule has 0 unspecified atom stereocenters. The lowest BCUT2D eigenvalue weighted by Crippen LogP contribution is -2.19. The highest BCUT2D eigenvalue weighted by molar-refractivity contribution is 5.57. The standard InChI is InChI=1S/C20H15F3N6O/c1-12(18-26-25-11-27(18)2)14-6-13(9-24)7-15(8-14)29-10-17-16(20(21,22)23)4-3-5-28(17)19(29)30/h3-8,10-12H,1-2H3/t12-/m0/s1. The van der Waals surface area contributed by atoms with E-state index < -0.39 is 17.4 Å². The lowest BCUT2D eigenvalue weighted by molar-refractivity contribution is -0.136. The highest BCUT2D eigenvalue weighted by Crippen LogP contribution is 2.32. The maximum Gasteiger partial charge on any atom is 0.418 e. The minimum Gasteiger partial charge on any atom is -0.320 e. The first kappa shape index (κ1) is 19.4. The molecular weight excluding hydrogens is 397 g/mol. The van der Waals surface area contributed by atoms with Crippen molar-refractivity contribution in [2.24, 2.45) is 7.05 Å². The van der Waals surface area contributed by atoms with Gasteiger partial charge in [0, 0.05) is 25.4 Å². The van der Waals surface area contributed by atoms with Gasteiger partial charge in [0.1, 0.15) is 12.2 Å². The van der Waals surface area contributed by atoms with Crippen LogP contribution in [0, 0.1) is 11.3 Å². The van der Waals surface area contributed by atoms with Gasteiger partial charge in [0.25, 0.3) is 0 Å². The summed E-state index contributed by atoms with van der Waals surface area (Å²) in [6, 6.07) is 8.91. The molecule has 0 fully saturated rings. The summed E-state index contributed by atoms with van der Waals surface area (Å²) in [5.74, 6) is 0.382. The summed E-state index contributed by atoms with van der Waals surface area (Å²) >= 11 is 0. The average Bonchev–Trinajstić information content (AvgIpc) is 3.29. The van der Waals surface area contributed by atoms with Crippen molar-refractivity contribution in [1.82, 2.24) is 23.7 Å². The molecule has 3 aromatic heterocycles. The van der Waals surface area contributed by atoms with Crippen molar-refractivity contribution in [2.45, 2.75) is 19.0 Å². The Balaban J connectivity index is 1.92. The molecule has 0 N–H and O–H groups in total. The Labute approximate surface area is 168 Å². The van der Waals surface area contributed by atoms with Crippen LogP contribution in [-0.2, 0) is 13.2 Å². The van der Waals surface area contributed by atoms with Gasteiger partial charge in [-0.05, 0) is 35.9 Å². The molecule has 0 saturated carbocycles. The zero-order valence-electron chi connectivity index (χ0n) is 15.9. The second-order valence-electron chi connectivity index (χ2n) is 6.90. The van der Waals surface area contributed by atoms with Crippen LogP contribution in [-0.4, -0.2) is 23.7 Å². The van der Waals surface area contributed by atoms with Gasteiger partial charge in [-0.2, -0.15) is 18.4 Å². The van der Waals surface area contributed by atoms with E-state index in [4.69, 9.17) is 0 Å².